The van der Waals surface area contributed by atoms with Crippen molar-refractivity contribution in [3.63, 3.8) is 0 Å². The summed E-state index contributed by atoms with van der Waals surface area (Å²) >= 11 is 0. The third-order valence-electron chi connectivity index (χ3n) is 4.67. The molecule has 0 unspecified atom stereocenters. The zero-order valence-electron chi connectivity index (χ0n) is 12.9. The smallest absolute Gasteiger partial charge is 0.225 e. The lowest BCUT2D eigenvalue weighted by atomic mass is 10.1. The Bertz CT molecular complexity index is 480. The molecule has 0 spiro atoms. The molecule has 2 heterocycles. The molecule has 2 fully saturated rings. The van der Waals surface area contributed by atoms with Gasteiger partial charge in [-0.05, 0) is 26.2 Å². The Balaban J connectivity index is 1.52. The Labute approximate surface area is 126 Å². The lowest BCUT2D eigenvalue weighted by Gasteiger charge is -2.24. The maximum absolute atomic E-state index is 12.5. The number of carbonyl (C=O) groups excluding carboxylic acids is 1. The Morgan fingerprint density at radius 3 is 2.76 bits per heavy atom. The van der Waals surface area contributed by atoms with E-state index in [4.69, 9.17) is 4.52 Å². The van der Waals surface area contributed by atoms with Crippen molar-refractivity contribution in [3.05, 3.63) is 17.5 Å². The van der Waals surface area contributed by atoms with Gasteiger partial charge in [0.2, 0.25) is 5.91 Å². The molecule has 0 radical (unpaired) electrons. The summed E-state index contributed by atoms with van der Waals surface area (Å²) in [4.78, 5) is 17.0. The first-order valence-corrected chi connectivity index (χ1v) is 8.16. The van der Waals surface area contributed by atoms with Crippen molar-refractivity contribution >= 4 is 5.91 Å². The van der Waals surface area contributed by atoms with Crippen molar-refractivity contribution in [3.8, 4) is 0 Å². The van der Waals surface area contributed by atoms with Crippen LogP contribution >= 0.6 is 0 Å². The third-order valence-corrected chi connectivity index (χ3v) is 4.67. The quantitative estimate of drug-likeness (QED) is 0.856. The molecule has 5 heteroatoms. The highest BCUT2D eigenvalue weighted by Gasteiger charge is 2.28. The van der Waals surface area contributed by atoms with Gasteiger partial charge in [-0.1, -0.05) is 18.0 Å². The molecule has 116 valence electrons. The monoisotopic (exact) mass is 291 g/mol. The van der Waals surface area contributed by atoms with Crippen LogP contribution in [0.25, 0.3) is 0 Å². The van der Waals surface area contributed by atoms with Gasteiger partial charge in [-0.2, -0.15) is 0 Å². The fourth-order valence-electron chi connectivity index (χ4n) is 3.50. The molecule has 1 saturated heterocycles. The largest absolute Gasteiger partial charge is 0.361 e. The van der Waals surface area contributed by atoms with Crippen molar-refractivity contribution < 1.29 is 9.32 Å². The first-order chi connectivity index (χ1) is 10.2. The van der Waals surface area contributed by atoms with Gasteiger partial charge >= 0.3 is 0 Å². The topological polar surface area (TPSA) is 49.6 Å². The van der Waals surface area contributed by atoms with Gasteiger partial charge in [-0.3, -0.25) is 9.69 Å². The normalized spacial score (nSPS) is 21.7. The minimum Gasteiger partial charge on any atom is -0.361 e. The van der Waals surface area contributed by atoms with Crippen LogP contribution in [0.15, 0.2) is 10.6 Å². The van der Waals surface area contributed by atoms with Gasteiger partial charge in [-0.15, -0.1) is 0 Å². The summed E-state index contributed by atoms with van der Waals surface area (Å²) in [5.74, 6) is 1.55. The summed E-state index contributed by atoms with van der Waals surface area (Å²) in [6, 6.07) is 1.99. The van der Waals surface area contributed by atoms with Crippen molar-refractivity contribution in [1.29, 1.82) is 0 Å². The van der Waals surface area contributed by atoms with Gasteiger partial charge in [0.25, 0.3) is 0 Å². The van der Waals surface area contributed by atoms with Crippen molar-refractivity contribution in [2.75, 3.05) is 26.2 Å². The molecule has 0 bridgehead atoms. The van der Waals surface area contributed by atoms with E-state index < -0.39 is 0 Å². The fourth-order valence-corrected chi connectivity index (χ4v) is 3.50. The lowest BCUT2D eigenvalue weighted by Crippen LogP contribution is -2.38. The summed E-state index contributed by atoms with van der Waals surface area (Å²) in [6.45, 7) is 6.46. The molecule has 0 aromatic carbocycles. The molecule has 1 aliphatic heterocycles. The highest BCUT2D eigenvalue weighted by Crippen LogP contribution is 2.27. The van der Waals surface area contributed by atoms with E-state index in [2.05, 4.69) is 15.0 Å². The second-order valence-corrected chi connectivity index (χ2v) is 6.37. The molecule has 5 nitrogen and oxygen atoms in total. The van der Waals surface area contributed by atoms with Crippen LogP contribution in [0.2, 0.25) is 0 Å². The van der Waals surface area contributed by atoms with Gasteiger partial charge < -0.3 is 9.42 Å². The summed E-state index contributed by atoms with van der Waals surface area (Å²) < 4.78 is 5.12. The van der Waals surface area contributed by atoms with E-state index in [9.17, 15) is 4.79 Å². The number of nitrogens with zero attached hydrogens (tertiary/aromatic N) is 3. The second kappa shape index (κ2) is 6.60. The number of hydrogen-bond donors (Lipinski definition) is 0. The van der Waals surface area contributed by atoms with Gasteiger partial charge in [0, 0.05) is 44.7 Å². The Morgan fingerprint density at radius 2 is 2.05 bits per heavy atom. The highest BCUT2D eigenvalue weighted by atomic mass is 16.5. The third kappa shape index (κ3) is 3.64. The van der Waals surface area contributed by atoms with Crippen LogP contribution in [0.5, 0.6) is 0 Å². The molecule has 1 aromatic heterocycles. The number of aromatic nitrogens is 1. The lowest BCUT2D eigenvalue weighted by molar-refractivity contribution is -0.135. The number of rotatable bonds is 3. The average Bonchev–Trinajstić information content (AvgIpc) is 3.08. The Morgan fingerprint density at radius 1 is 1.24 bits per heavy atom. The molecule has 1 aromatic rings. The molecule has 21 heavy (non-hydrogen) atoms. The molecule has 0 atom stereocenters. The summed E-state index contributed by atoms with van der Waals surface area (Å²) in [7, 11) is 0. The molecule has 3 rings (SSSR count). The minimum absolute atomic E-state index is 0.301. The van der Waals surface area contributed by atoms with Crippen molar-refractivity contribution in [1.82, 2.24) is 15.0 Å². The number of hydrogen-bond acceptors (Lipinski definition) is 4. The van der Waals surface area contributed by atoms with Crippen LogP contribution in [-0.2, 0) is 11.3 Å². The molecular formula is C16H25N3O2. The number of aryl methyl sites for hydroxylation is 1. The molecule has 1 amide bonds. The molecule has 2 aliphatic rings. The maximum Gasteiger partial charge on any atom is 0.225 e. The van der Waals surface area contributed by atoms with Crippen molar-refractivity contribution in [2.24, 2.45) is 5.92 Å². The van der Waals surface area contributed by atoms with Crippen molar-refractivity contribution in [2.45, 2.75) is 45.6 Å². The van der Waals surface area contributed by atoms with E-state index in [1.807, 2.05) is 13.0 Å². The predicted molar refractivity (Wildman–Crippen MR) is 79.7 cm³/mol. The second-order valence-electron chi connectivity index (χ2n) is 6.37. The SMILES string of the molecule is Cc1cc(CN2CCCN(C(=O)C3CCCC3)CC2)no1. The summed E-state index contributed by atoms with van der Waals surface area (Å²) in [5, 5.41) is 4.06. The van der Waals surface area contributed by atoms with Gasteiger partial charge in [0.15, 0.2) is 0 Å². The maximum atomic E-state index is 12.5. The van der Waals surface area contributed by atoms with E-state index in [-0.39, 0.29) is 0 Å². The van der Waals surface area contributed by atoms with E-state index in [0.29, 0.717) is 11.8 Å². The summed E-state index contributed by atoms with van der Waals surface area (Å²) in [5.41, 5.74) is 0.989. The van der Waals surface area contributed by atoms with E-state index >= 15 is 0 Å². The molecule has 1 aliphatic carbocycles. The zero-order valence-corrected chi connectivity index (χ0v) is 12.9. The van der Waals surface area contributed by atoms with Gasteiger partial charge in [0.1, 0.15) is 5.76 Å². The van der Waals surface area contributed by atoms with Gasteiger partial charge in [0.05, 0.1) is 5.69 Å². The van der Waals surface area contributed by atoms with Crippen LogP contribution < -0.4 is 0 Å². The van der Waals surface area contributed by atoms with Crippen LogP contribution in [0.3, 0.4) is 0 Å². The average molecular weight is 291 g/mol. The molecule has 1 saturated carbocycles. The number of carbonyl (C=O) groups is 1. The van der Waals surface area contributed by atoms with Crippen LogP contribution in [0.4, 0.5) is 0 Å². The summed E-state index contributed by atoms with van der Waals surface area (Å²) in [6.07, 6.45) is 5.69. The standard InChI is InChI=1S/C16H25N3O2/c1-13-11-15(17-21-13)12-18-7-4-8-19(10-9-18)16(20)14-5-2-3-6-14/h11,14H,2-10,12H2,1H3. The van der Waals surface area contributed by atoms with Crippen LogP contribution in [0.1, 0.15) is 43.6 Å². The Hall–Kier alpha value is -1.36. The van der Waals surface area contributed by atoms with Gasteiger partial charge in [-0.25, -0.2) is 0 Å². The fraction of sp³-hybridized carbons (Fsp3) is 0.750. The number of amides is 1. The van der Waals surface area contributed by atoms with E-state index in [1.54, 1.807) is 0 Å². The minimum atomic E-state index is 0.301. The predicted octanol–water partition coefficient (Wildman–Crippen LogP) is 2.21. The van der Waals surface area contributed by atoms with Crippen LogP contribution in [0, 0.1) is 12.8 Å². The first kappa shape index (κ1) is 14.6. The zero-order chi connectivity index (χ0) is 14.7. The first-order valence-electron chi connectivity index (χ1n) is 8.16. The molecule has 0 N–H and O–H groups in total. The van der Waals surface area contributed by atoms with E-state index in [0.717, 1.165) is 63.4 Å². The van der Waals surface area contributed by atoms with E-state index in [1.165, 1.54) is 12.8 Å². The molecular weight excluding hydrogens is 266 g/mol. The van der Waals surface area contributed by atoms with Crippen LogP contribution in [-0.4, -0.2) is 47.0 Å². The Kier molecular flexibility index (Phi) is 4.58. The highest BCUT2D eigenvalue weighted by molar-refractivity contribution is 5.79.